The Hall–Kier alpha value is -1.15. The summed E-state index contributed by atoms with van der Waals surface area (Å²) in [6.07, 6.45) is 2.33. The van der Waals surface area contributed by atoms with Gasteiger partial charge in [-0.25, -0.2) is 9.78 Å². The monoisotopic (exact) mass is 392 g/mol. The Labute approximate surface area is 151 Å². The van der Waals surface area contributed by atoms with Crippen LogP contribution in [0.1, 0.15) is 33.9 Å². The van der Waals surface area contributed by atoms with Gasteiger partial charge in [0.25, 0.3) is 0 Å². The molecule has 0 aliphatic heterocycles. The second kappa shape index (κ2) is 8.63. The van der Waals surface area contributed by atoms with E-state index < -0.39 is 5.97 Å². The van der Waals surface area contributed by atoms with Crippen LogP contribution in [-0.2, 0) is 17.6 Å². The molecular formula is C14H14Cl2N2O3S2. The Kier molecular flexibility index (Phi) is 6.83. The van der Waals surface area contributed by atoms with Crippen molar-refractivity contribution in [3.05, 3.63) is 36.4 Å². The Morgan fingerprint density at radius 1 is 1.30 bits per heavy atom. The van der Waals surface area contributed by atoms with Crippen molar-refractivity contribution >= 4 is 57.8 Å². The van der Waals surface area contributed by atoms with E-state index in [0.717, 1.165) is 5.56 Å². The first-order chi connectivity index (χ1) is 11.0. The molecule has 0 aliphatic carbocycles. The van der Waals surface area contributed by atoms with Crippen molar-refractivity contribution in [1.29, 1.82) is 0 Å². The molecule has 0 atom stereocenters. The van der Waals surface area contributed by atoms with E-state index in [1.54, 1.807) is 0 Å². The molecule has 23 heavy (non-hydrogen) atoms. The highest BCUT2D eigenvalue weighted by atomic mass is 35.5. The average molecular weight is 393 g/mol. The molecule has 2 aromatic rings. The van der Waals surface area contributed by atoms with Crippen LogP contribution in [0.5, 0.6) is 0 Å². The number of hydrogen-bond donors (Lipinski definition) is 2. The molecule has 0 saturated heterocycles. The second-order valence-electron chi connectivity index (χ2n) is 4.73. The maximum absolute atomic E-state index is 11.7. The van der Waals surface area contributed by atoms with Crippen LogP contribution in [0, 0.1) is 0 Å². The normalized spacial score (nSPS) is 10.7. The van der Waals surface area contributed by atoms with Crippen molar-refractivity contribution in [1.82, 2.24) is 10.3 Å². The summed E-state index contributed by atoms with van der Waals surface area (Å²) >= 11 is 14.5. The number of thiophene rings is 1. The lowest BCUT2D eigenvalue weighted by Crippen LogP contribution is -2.25. The Morgan fingerprint density at radius 2 is 2.09 bits per heavy atom. The van der Waals surface area contributed by atoms with E-state index in [2.05, 4.69) is 10.3 Å². The number of rotatable bonds is 8. The molecule has 124 valence electrons. The maximum atomic E-state index is 11.7. The van der Waals surface area contributed by atoms with Crippen molar-refractivity contribution in [2.45, 2.75) is 25.7 Å². The Morgan fingerprint density at radius 3 is 2.70 bits per heavy atom. The lowest BCUT2D eigenvalue weighted by molar-refractivity contribution is -0.121. The fraction of sp³-hybridized carbons (Fsp3) is 0.357. The first-order valence-corrected chi connectivity index (χ1v) is 9.29. The number of carbonyl (C=O) groups excluding carboxylic acids is 1. The van der Waals surface area contributed by atoms with Gasteiger partial charge in [-0.3, -0.25) is 4.79 Å². The summed E-state index contributed by atoms with van der Waals surface area (Å²) in [6.45, 7) is 0.441. The summed E-state index contributed by atoms with van der Waals surface area (Å²) in [7, 11) is 0. The largest absolute Gasteiger partial charge is 0.476 e. The minimum atomic E-state index is -1.04. The van der Waals surface area contributed by atoms with Gasteiger partial charge in [-0.1, -0.05) is 23.2 Å². The number of carboxylic acids is 1. The molecule has 0 unspecified atom stereocenters. The molecule has 9 heteroatoms. The highest BCUT2D eigenvalue weighted by Crippen LogP contribution is 2.31. The second-order valence-corrected chi connectivity index (χ2v) is 7.96. The molecule has 5 nitrogen and oxygen atoms in total. The molecule has 0 aliphatic rings. The standard InChI is InChI=1S/C14H14Cl2N2O3S2/c15-10-6-8(13(16)23-10)2-1-3-11(19)17-5-4-12-18-9(7-22-12)14(20)21/h6-7H,1-5H2,(H,17,19)(H,20,21). The summed E-state index contributed by atoms with van der Waals surface area (Å²) in [5.41, 5.74) is 1.01. The van der Waals surface area contributed by atoms with Crippen LogP contribution in [0.3, 0.4) is 0 Å². The van der Waals surface area contributed by atoms with E-state index in [1.807, 2.05) is 6.07 Å². The van der Waals surface area contributed by atoms with Crippen molar-refractivity contribution < 1.29 is 14.7 Å². The predicted molar refractivity (Wildman–Crippen MR) is 93.1 cm³/mol. The van der Waals surface area contributed by atoms with Crippen molar-refractivity contribution in [2.75, 3.05) is 6.54 Å². The van der Waals surface area contributed by atoms with Gasteiger partial charge in [-0.15, -0.1) is 22.7 Å². The van der Waals surface area contributed by atoms with Crippen LogP contribution in [0.15, 0.2) is 11.4 Å². The number of aryl methyl sites for hydroxylation is 1. The third kappa shape index (κ3) is 5.76. The number of carboxylic acid groups (broad SMARTS) is 1. The number of nitrogens with one attached hydrogen (secondary N) is 1. The van der Waals surface area contributed by atoms with Gasteiger partial charge in [0.15, 0.2) is 5.69 Å². The minimum Gasteiger partial charge on any atom is -0.476 e. The summed E-state index contributed by atoms with van der Waals surface area (Å²) in [5.74, 6) is -1.08. The number of amides is 1. The van der Waals surface area contributed by atoms with Gasteiger partial charge < -0.3 is 10.4 Å². The lowest BCUT2D eigenvalue weighted by atomic mass is 10.1. The molecule has 0 saturated carbocycles. The predicted octanol–water partition coefficient (Wildman–Crippen LogP) is 3.89. The van der Waals surface area contributed by atoms with E-state index in [9.17, 15) is 9.59 Å². The molecule has 0 fully saturated rings. The summed E-state index contributed by atoms with van der Waals surface area (Å²) in [6, 6.07) is 1.83. The van der Waals surface area contributed by atoms with Gasteiger partial charge in [0.1, 0.15) is 0 Å². The zero-order chi connectivity index (χ0) is 16.8. The lowest BCUT2D eigenvalue weighted by Gasteiger charge is -2.03. The molecular weight excluding hydrogens is 379 g/mol. The van der Waals surface area contributed by atoms with Crippen molar-refractivity contribution in [3.63, 3.8) is 0 Å². The molecule has 0 spiro atoms. The van der Waals surface area contributed by atoms with Crippen LogP contribution in [0.2, 0.25) is 8.67 Å². The van der Waals surface area contributed by atoms with Crippen LogP contribution >= 0.6 is 45.9 Å². The Bertz CT molecular complexity index is 700. The fourth-order valence-corrected chi connectivity index (χ4v) is 4.22. The van der Waals surface area contributed by atoms with Gasteiger partial charge in [0.2, 0.25) is 5.91 Å². The van der Waals surface area contributed by atoms with E-state index in [4.69, 9.17) is 28.3 Å². The number of carbonyl (C=O) groups is 2. The minimum absolute atomic E-state index is 0.0440. The first-order valence-electron chi connectivity index (χ1n) is 6.84. The average Bonchev–Trinajstić information content (AvgIpc) is 3.06. The zero-order valence-electron chi connectivity index (χ0n) is 12.0. The quantitative estimate of drug-likeness (QED) is 0.713. The van der Waals surface area contributed by atoms with Crippen molar-refractivity contribution in [3.8, 4) is 0 Å². The third-order valence-electron chi connectivity index (χ3n) is 3.01. The number of hydrogen-bond acceptors (Lipinski definition) is 5. The van der Waals surface area contributed by atoms with E-state index in [1.165, 1.54) is 28.1 Å². The number of aromatic carboxylic acids is 1. The molecule has 2 N–H and O–H groups in total. The summed E-state index contributed by atoms with van der Waals surface area (Å²) < 4.78 is 1.33. The highest BCUT2D eigenvalue weighted by molar-refractivity contribution is 7.20. The van der Waals surface area contributed by atoms with E-state index in [-0.39, 0.29) is 11.6 Å². The van der Waals surface area contributed by atoms with Gasteiger partial charge in [-0.2, -0.15) is 0 Å². The molecule has 2 heterocycles. The number of thiazole rings is 1. The Balaban J connectivity index is 1.65. The van der Waals surface area contributed by atoms with Gasteiger partial charge in [-0.05, 0) is 24.5 Å². The SMILES string of the molecule is O=C(CCCc1cc(Cl)sc1Cl)NCCc1nc(C(=O)O)cs1. The van der Waals surface area contributed by atoms with Crippen molar-refractivity contribution in [2.24, 2.45) is 0 Å². The van der Waals surface area contributed by atoms with Crippen LogP contribution in [-0.4, -0.2) is 28.5 Å². The molecule has 0 radical (unpaired) electrons. The third-order valence-corrected chi connectivity index (χ3v) is 5.49. The number of halogens is 2. The molecule has 2 aromatic heterocycles. The van der Waals surface area contributed by atoms with Crippen LogP contribution < -0.4 is 5.32 Å². The molecule has 0 bridgehead atoms. The molecule has 1 amide bonds. The highest BCUT2D eigenvalue weighted by Gasteiger charge is 2.10. The van der Waals surface area contributed by atoms with Gasteiger partial charge in [0, 0.05) is 24.8 Å². The summed E-state index contributed by atoms with van der Waals surface area (Å²) in [4.78, 5) is 26.4. The van der Waals surface area contributed by atoms with E-state index in [0.29, 0.717) is 45.9 Å². The maximum Gasteiger partial charge on any atom is 0.355 e. The first kappa shape index (κ1) is 18.2. The number of aromatic nitrogens is 1. The molecule has 2 rings (SSSR count). The zero-order valence-corrected chi connectivity index (χ0v) is 15.1. The number of nitrogens with zero attached hydrogens (tertiary/aromatic N) is 1. The van der Waals surface area contributed by atoms with Crippen LogP contribution in [0.25, 0.3) is 0 Å². The fourth-order valence-electron chi connectivity index (χ4n) is 1.91. The molecule has 0 aromatic carbocycles. The smallest absolute Gasteiger partial charge is 0.355 e. The topological polar surface area (TPSA) is 79.3 Å². The summed E-state index contributed by atoms with van der Waals surface area (Å²) in [5, 5.41) is 13.8. The van der Waals surface area contributed by atoms with Crippen LogP contribution in [0.4, 0.5) is 0 Å². The van der Waals surface area contributed by atoms with E-state index >= 15 is 0 Å². The van der Waals surface area contributed by atoms with Gasteiger partial charge in [0.05, 0.1) is 13.7 Å². The van der Waals surface area contributed by atoms with Gasteiger partial charge >= 0.3 is 5.97 Å².